The lowest BCUT2D eigenvalue weighted by Crippen LogP contribution is -2.25. The first-order valence-corrected chi connectivity index (χ1v) is 16.1. The van der Waals surface area contributed by atoms with Crippen LogP contribution in [0.1, 0.15) is 40.9 Å². The third kappa shape index (κ3) is 5.37. The summed E-state index contributed by atoms with van der Waals surface area (Å²) in [5.41, 5.74) is -11.4. The highest BCUT2D eigenvalue weighted by Crippen LogP contribution is 2.41. The smallest absolute Gasteiger partial charge is 0.200 e. The van der Waals surface area contributed by atoms with E-state index in [0.717, 1.165) is 30.3 Å². The van der Waals surface area contributed by atoms with Gasteiger partial charge in [0.1, 0.15) is 0 Å². The molecule has 2 aromatic heterocycles. The van der Waals surface area contributed by atoms with Gasteiger partial charge in [-0.1, -0.05) is 0 Å². The average Bonchev–Trinajstić information content (AvgIpc) is 4.05. The Kier molecular flexibility index (Phi) is 8.85. The molecule has 296 valence electrons. The number of aliphatic imine (C=N–C) groups is 2. The third-order valence-electron chi connectivity index (χ3n) is 9.45. The van der Waals surface area contributed by atoms with Gasteiger partial charge in [0.2, 0.25) is 17.5 Å². The Morgan fingerprint density at radius 3 is 1.34 bits per heavy atom. The number of hydrogen-bond donors (Lipinski definition) is 3. The molecule has 3 aliphatic heterocycles. The lowest BCUT2D eigenvalue weighted by atomic mass is 9.95. The molecule has 3 N–H and O–H groups in total. The Morgan fingerprint density at radius 2 is 0.862 bits per heavy atom. The van der Waals surface area contributed by atoms with Gasteiger partial charge < -0.3 is 15.1 Å². The maximum absolute atomic E-state index is 15.6. The van der Waals surface area contributed by atoms with Gasteiger partial charge in [0.05, 0.1) is 51.5 Å². The predicted octanol–water partition coefficient (Wildman–Crippen LogP) is 8.77. The molecule has 0 saturated heterocycles. The molecule has 58 heavy (non-hydrogen) atoms. The van der Waals surface area contributed by atoms with Crippen LogP contribution < -0.4 is 10.7 Å². The van der Waals surface area contributed by atoms with Gasteiger partial charge in [-0.05, 0) is 43.2 Å². The monoisotopic (exact) mass is 826 g/mol. The number of H-pyrrole nitrogens is 2. The summed E-state index contributed by atoms with van der Waals surface area (Å²) in [6.07, 6.45) is 0.0537. The van der Waals surface area contributed by atoms with Crippen LogP contribution >= 0.6 is 0 Å². The summed E-state index contributed by atoms with van der Waals surface area (Å²) in [5, 5.41) is 8.77. The number of aliphatic hydroxyl groups is 1. The fourth-order valence-electron chi connectivity index (χ4n) is 6.84. The van der Waals surface area contributed by atoms with Crippen molar-refractivity contribution < 1.29 is 71.0 Å². The van der Waals surface area contributed by atoms with E-state index in [1.165, 1.54) is 0 Å². The standard InChI is InChI=1S/C38H13F15N4O/c39-23-20(24(40)30(46)35(51)29(23)45)17-11-2-1-10(54-11)16-7-9(8-58)38(57-16)19(22-27(43)33(49)37(53)34(50)28(22)44)15-6-5-14(56-15)18(13-4-3-12(17)55-13)21-25(41)31(47)36(52)32(48)26(21)42/h1-2,5-8,54,56,58H,3-4H2/b9-8-,17-12?,18-14?,19-15?. The highest BCUT2D eigenvalue weighted by Gasteiger charge is 2.37. The molecule has 8 rings (SSSR count). The van der Waals surface area contributed by atoms with Crippen molar-refractivity contribution in [3.8, 4) is 0 Å². The fraction of sp³-hybridized carbons (Fsp3) is 0.0526. The topological polar surface area (TPSA) is 76.5 Å². The lowest BCUT2D eigenvalue weighted by Gasteiger charge is -2.13. The molecule has 8 bridgehead atoms. The molecule has 0 amide bonds. The zero-order valence-electron chi connectivity index (χ0n) is 27.9. The summed E-state index contributed by atoms with van der Waals surface area (Å²) >= 11 is 0. The second-order valence-electron chi connectivity index (χ2n) is 12.6. The van der Waals surface area contributed by atoms with E-state index in [-0.39, 0.29) is 17.7 Å². The SMILES string of the molecule is O/C=C1/C=C2N=C1C(c1c(F)c(F)c(F)c(F)c1F)=c1ccc([nH]1)=C(c1c(F)c(F)c(F)c(F)c1F)C1=NC(=C(c3c(F)c(F)c(F)c(F)c3F)c3ccc2[nH]3)CC1. The molecule has 5 nitrogen and oxygen atoms in total. The van der Waals surface area contributed by atoms with Crippen LogP contribution in [0.2, 0.25) is 0 Å². The molecule has 0 radical (unpaired) electrons. The Bertz CT molecular complexity index is 2940. The normalized spacial score (nSPS) is 16.0. The molecule has 0 atom stereocenters. The van der Waals surface area contributed by atoms with Crippen LogP contribution in [0.3, 0.4) is 0 Å². The molecule has 3 aromatic carbocycles. The van der Waals surface area contributed by atoms with E-state index in [4.69, 9.17) is 0 Å². The van der Waals surface area contributed by atoms with E-state index in [9.17, 15) is 44.6 Å². The van der Waals surface area contributed by atoms with Crippen LogP contribution in [-0.4, -0.2) is 26.5 Å². The van der Waals surface area contributed by atoms with Gasteiger partial charge in [-0.3, -0.25) is 4.99 Å². The van der Waals surface area contributed by atoms with Crippen molar-refractivity contribution in [2.45, 2.75) is 12.8 Å². The second kappa shape index (κ2) is 13.4. The molecule has 0 fully saturated rings. The summed E-state index contributed by atoms with van der Waals surface area (Å²) < 4.78 is 225. The highest BCUT2D eigenvalue weighted by atomic mass is 19.2. The number of hydrogen-bond acceptors (Lipinski definition) is 3. The molecule has 0 spiro atoms. The van der Waals surface area contributed by atoms with Crippen LogP contribution in [0.4, 0.5) is 65.9 Å². The zero-order chi connectivity index (χ0) is 41.8. The average molecular weight is 827 g/mol. The van der Waals surface area contributed by atoms with E-state index in [1.807, 2.05) is 0 Å². The second-order valence-corrected chi connectivity index (χ2v) is 12.6. The number of halogens is 15. The fourth-order valence-corrected chi connectivity index (χ4v) is 6.84. The molecule has 20 heteroatoms. The molecular weight excluding hydrogens is 813 g/mol. The number of fused-ring (bicyclic) bond motifs is 7. The van der Waals surface area contributed by atoms with Gasteiger partial charge in [0.15, 0.2) is 69.8 Å². The Hall–Kier alpha value is -6.73. The minimum Gasteiger partial charge on any atom is -0.515 e. The number of aromatic nitrogens is 2. The molecule has 0 unspecified atom stereocenters. The summed E-state index contributed by atoms with van der Waals surface area (Å²) in [5.74, 6) is -37.0. The van der Waals surface area contributed by atoms with Crippen molar-refractivity contribution in [2.24, 2.45) is 9.98 Å². The predicted molar refractivity (Wildman–Crippen MR) is 173 cm³/mol. The number of nitrogens with one attached hydrogen (secondary N) is 2. The Balaban J connectivity index is 1.60. The summed E-state index contributed by atoms with van der Waals surface area (Å²) in [7, 11) is 0. The van der Waals surface area contributed by atoms with Crippen LogP contribution in [0, 0.1) is 87.3 Å². The van der Waals surface area contributed by atoms with Gasteiger partial charge in [0.25, 0.3) is 0 Å². The molecule has 3 aliphatic rings. The number of aliphatic hydroxyl groups excluding tert-OH is 1. The van der Waals surface area contributed by atoms with Crippen LogP contribution in [0.15, 0.2) is 57.9 Å². The number of rotatable bonds is 3. The zero-order valence-corrected chi connectivity index (χ0v) is 27.9. The number of nitrogens with zero attached hydrogens (tertiary/aromatic N) is 2. The molecular formula is C38H13F15N4O. The van der Waals surface area contributed by atoms with E-state index < -0.39 is 173 Å². The summed E-state index contributed by atoms with van der Waals surface area (Å²) in [6, 6.07) is 3.72. The Morgan fingerprint density at radius 1 is 0.448 bits per heavy atom. The Labute approximate surface area is 311 Å². The van der Waals surface area contributed by atoms with Gasteiger partial charge in [-0.15, -0.1) is 0 Å². The quantitative estimate of drug-likeness (QED) is 0.0724. The lowest BCUT2D eigenvalue weighted by molar-refractivity contribution is 0.376. The van der Waals surface area contributed by atoms with Crippen LogP contribution in [0.25, 0.3) is 22.4 Å². The molecule has 5 heterocycles. The van der Waals surface area contributed by atoms with E-state index in [0.29, 0.717) is 0 Å². The van der Waals surface area contributed by atoms with E-state index in [2.05, 4.69) is 20.0 Å². The van der Waals surface area contributed by atoms with Crippen molar-refractivity contribution in [1.82, 2.24) is 9.97 Å². The van der Waals surface area contributed by atoms with Gasteiger partial charge in [-0.25, -0.2) is 70.8 Å². The molecule has 0 saturated carbocycles. The van der Waals surface area contributed by atoms with Gasteiger partial charge in [0, 0.05) is 38.7 Å². The third-order valence-corrected chi connectivity index (χ3v) is 9.45. The van der Waals surface area contributed by atoms with Gasteiger partial charge >= 0.3 is 0 Å². The maximum atomic E-state index is 15.6. The number of allylic oxidation sites excluding steroid dienone is 3. The van der Waals surface area contributed by atoms with Crippen molar-refractivity contribution in [3.63, 3.8) is 0 Å². The summed E-state index contributed by atoms with van der Waals surface area (Å²) in [6.45, 7) is 0. The van der Waals surface area contributed by atoms with Crippen molar-refractivity contribution in [2.75, 3.05) is 0 Å². The summed E-state index contributed by atoms with van der Waals surface area (Å²) in [4.78, 5) is 13.3. The van der Waals surface area contributed by atoms with Crippen LogP contribution in [-0.2, 0) is 0 Å². The van der Waals surface area contributed by atoms with Crippen molar-refractivity contribution in [3.05, 3.63) is 174 Å². The first-order chi connectivity index (χ1) is 27.5. The first kappa shape index (κ1) is 38.2. The number of aromatic amines is 2. The van der Waals surface area contributed by atoms with E-state index >= 15 is 26.3 Å². The van der Waals surface area contributed by atoms with Gasteiger partial charge in [-0.2, -0.15) is 0 Å². The molecule has 0 aliphatic carbocycles. The van der Waals surface area contributed by atoms with Crippen LogP contribution in [0.5, 0.6) is 0 Å². The van der Waals surface area contributed by atoms with E-state index in [1.54, 1.807) is 0 Å². The van der Waals surface area contributed by atoms with Crippen molar-refractivity contribution in [1.29, 1.82) is 0 Å². The van der Waals surface area contributed by atoms with Crippen molar-refractivity contribution >= 4 is 33.8 Å². The maximum Gasteiger partial charge on any atom is 0.200 e. The largest absolute Gasteiger partial charge is 0.515 e. The molecule has 5 aromatic rings. The first-order valence-electron chi connectivity index (χ1n) is 16.1. The minimum atomic E-state index is -2.61. The number of benzene rings is 3. The highest BCUT2D eigenvalue weighted by molar-refractivity contribution is 6.35. The minimum absolute atomic E-state index is 0.221.